The predicted molar refractivity (Wildman–Crippen MR) is 86.1 cm³/mol. The molecule has 0 radical (unpaired) electrons. The minimum Gasteiger partial charge on any atom is -0.364 e. The minimum absolute atomic E-state index is 0.0744. The van der Waals surface area contributed by atoms with Gasteiger partial charge in [0.15, 0.2) is 0 Å². The molecule has 0 spiro atoms. The zero-order valence-corrected chi connectivity index (χ0v) is 13.4. The van der Waals surface area contributed by atoms with Gasteiger partial charge in [-0.05, 0) is 31.4 Å². The second kappa shape index (κ2) is 6.22. The number of nitrogens with two attached hydrogens (primary N) is 1. The molecule has 2 nitrogen and oxygen atoms in total. The number of alkyl halides is 2. The average molecular weight is 335 g/mol. The molecule has 24 heavy (non-hydrogen) atoms. The van der Waals surface area contributed by atoms with Crippen LogP contribution in [0.25, 0.3) is 0 Å². The third kappa shape index (κ3) is 2.94. The lowest BCUT2D eigenvalue weighted by molar-refractivity contribution is -0.169. The topological polar surface area (TPSA) is 35.2 Å². The Balaban J connectivity index is 1.86. The van der Waals surface area contributed by atoms with Gasteiger partial charge in [0, 0.05) is 11.6 Å². The van der Waals surface area contributed by atoms with Gasteiger partial charge >= 0.3 is 5.92 Å². The molecule has 0 aromatic heterocycles. The van der Waals surface area contributed by atoms with E-state index in [1.807, 2.05) is 30.3 Å². The molecular formula is C19H20F3NO. The molecule has 0 heterocycles. The molecular weight excluding hydrogens is 315 g/mol. The first-order valence-electron chi connectivity index (χ1n) is 7.97. The van der Waals surface area contributed by atoms with Crippen LogP contribution < -0.4 is 5.73 Å². The van der Waals surface area contributed by atoms with Crippen LogP contribution in [0.15, 0.2) is 48.5 Å². The number of hydrogen-bond acceptors (Lipinski definition) is 2. The number of rotatable bonds is 6. The summed E-state index contributed by atoms with van der Waals surface area (Å²) in [6.07, 6.45) is 0.406. The van der Waals surface area contributed by atoms with E-state index in [4.69, 9.17) is 10.5 Å². The van der Waals surface area contributed by atoms with E-state index in [1.54, 1.807) is 6.92 Å². The maximum absolute atomic E-state index is 15.0. The summed E-state index contributed by atoms with van der Waals surface area (Å²) in [5, 5.41) is 0. The summed E-state index contributed by atoms with van der Waals surface area (Å²) in [5.41, 5.74) is 4.29. The lowest BCUT2D eigenvalue weighted by Crippen LogP contribution is -2.37. The van der Waals surface area contributed by atoms with Gasteiger partial charge in [0.05, 0.1) is 12.2 Å². The molecule has 0 unspecified atom stereocenters. The van der Waals surface area contributed by atoms with Crippen molar-refractivity contribution in [2.24, 2.45) is 5.73 Å². The molecule has 0 aliphatic heterocycles. The summed E-state index contributed by atoms with van der Waals surface area (Å²) in [5.74, 6) is -4.34. The van der Waals surface area contributed by atoms with Crippen molar-refractivity contribution in [3.8, 4) is 0 Å². The zero-order valence-electron chi connectivity index (χ0n) is 13.4. The van der Waals surface area contributed by atoms with E-state index >= 15 is 0 Å². The molecule has 0 amide bonds. The molecule has 0 saturated heterocycles. The van der Waals surface area contributed by atoms with E-state index in [0.29, 0.717) is 0 Å². The predicted octanol–water partition coefficient (Wildman–Crippen LogP) is 4.69. The van der Waals surface area contributed by atoms with Crippen LogP contribution in [-0.2, 0) is 17.3 Å². The summed E-state index contributed by atoms with van der Waals surface area (Å²) >= 11 is 0. The van der Waals surface area contributed by atoms with Crippen LogP contribution in [0.1, 0.15) is 42.5 Å². The quantitative estimate of drug-likeness (QED) is 0.831. The van der Waals surface area contributed by atoms with Gasteiger partial charge in [-0.25, -0.2) is 4.39 Å². The lowest BCUT2D eigenvalue weighted by Gasteiger charge is -2.28. The number of hydrogen-bond donors (Lipinski definition) is 1. The minimum atomic E-state index is -3.41. The Bertz CT molecular complexity index is 712. The fourth-order valence-electron chi connectivity index (χ4n) is 2.85. The average Bonchev–Trinajstić information content (AvgIpc) is 3.35. The van der Waals surface area contributed by atoms with Gasteiger partial charge in [0.2, 0.25) is 0 Å². The van der Waals surface area contributed by atoms with E-state index in [0.717, 1.165) is 11.6 Å². The highest BCUT2D eigenvalue weighted by Gasteiger charge is 2.65. The first-order chi connectivity index (χ1) is 11.4. The summed E-state index contributed by atoms with van der Waals surface area (Å²) in [7, 11) is 0. The fourth-order valence-corrected chi connectivity index (χ4v) is 2.85. The Hall–Kier alpha value is -1.85. The van der Waals surface area contributed by atoms with E-state index in [9.17, 15) is 13.2 Å². The standard InChI is InChI=1S/C19H20F3NO/c1-13(23)15-8-5-9-16(17(15)20)19(21,22)18(10-11-18)24-12-14-6-3-2-4-7-14/h2-9,13H,10-12,23H2,1H3/t13-/m1/s1. The van der Waals surface area contributed by atoms with Crippen LogP contribution in [0.5, 0.6) is 0 Å². The molecule has 1 aliphatic carbocycles. The Labute approximate surface area is 139 Å². The van der Waals surface area contributed by atoms with Gasteiger partial charge in [0.25, 0.3) is 0 Å². The molecule has 1 aliphatic rings. The molecule has 2 N–H and O–H groups in total. The van der Waals surface area contributed by atoms with Crippen LogP contribution in [0, 0.1) is 5.82 Å². The molecule has 2 aromatic carbocycles. The lowest BCUT2D eigenvalue weighted by atomic mass is 9.96. The molecule has 1 saturated carbocycles. The van der Waals surface area contributed by atoms with Gasteiger partial charge in [-0.1, -0.05) is 42.5 Å². The maximum atomic E-state index is 15.0. The second-order valence-corrected chi connectivity index (χ2v) is 6.34. The van der Waals surface area contributed by atoms with Gasteiger partial charge < -0.3 is 10.5 Å². The van der Waals surface area contributed by atoms with Gasteiger partial charge in [-0.2, -0.15) is 8.78 Å². The second-order valence-electron chi connectivity index (χ2n) is 6.34. The SMILES string of the molecule is C[C@@H](N)c1cccc(C(F)(F)C2(OCc3ccccc3)CC2)c1F. The third-order valence-corrected chi connectivity index (χ3v) is 4.49. The third-order valence-electron chi connectivity index (χ3n) is 4.49. The van der Waals surface area contributed by atoms with Crippen molar-refractivity contribution in [1.29, 1.82) is 0 Å². The molecule has 5 heteroatoms. The van der Waals surface area contributed by atoms with Gasteiger partial charge in [0.1, 0.15) is 11.4 Å². The maximum Gasteiger partial charge on any atom is 0.304 e. The van der Waals surface area contributed by atoms with E-state index < -0.39 is 28.9 Å². The van der Waals surface area contributed by atoms with Crippen LogP contribution in [0.4, 0.5) is 13.2 Å². The zero-order chi connectivity index (χ0) is 17.4. The van der Waals surface area contributed by atoms with Crippen LogP contribution in [0.3, 0.4) is 0 Å². The van der Waals surface area contributed by atoms with Gasteiger partial charge in [-0.15, -0.1) is 0 Å². The fraction of sp³-hybridized carbons (Fsp3) is 0.368. The Morgan fingerprint density at radius 2 is 1.79 bits per heavy atom. The Morgan fingerprint density at radius 3 is 2.38 bits per heavy atom. The molecule has 1 atom stereocenters. The van der Waals surface area contributed by atoms with Crippen molar-refractivity contribution < 1.29 is 17.9 Å². The van der Waals surface area contributed by atoms with E-state index in [1.165, 1.54) is 12.1 Å². The first-order valence-corrected chi connectivity index (χ1v) is 7.97. The van der Waals surface area contributed by atoms with Gasteiger partial charge in [-0.3, -0.25) is 0 Å². The van der Waals surface area contributed by atoms with Crippen molar-refractivity contribution in [1.82, 2.24) is 0 Å². The smallest absolute Gasteiger partial charge is 0.304 e. The number of halogens is 3. The highest BCUT2D eigenvalue weighted by atomic mass is 19.3. The Kier molecular flexibility index (Phi) is 4.40. The van der Waals surface area contributed by atoms with Crippen LogP contribution >= 0.6 is 0 Å². The summed E-state index contributed by atoms with van der Waals surface area (Å²) < 4.78 is 50.1. The normalized spacial score (nSPS) is 17.5. The van der Waals surface area contributed by atoms with Crippen molar-refractivity contribution in [2.45, 2.75) is 43.9 Å². The summed E-state index contributed by atoms with van der Waals surface area (Å²) in [6.45, 7) is 1.64. The van der Waals surface area contributed by atoms with Crippen molar-refractivity contribution in [3.05, 3.63) is 71.0 Å². The summed E-state index contributed by atoms with van der Waals surface area (Å²) in [4.78, 5) is 0. The molecule has 128 valence electrons. The number of ether oxygens (including phenoxy) is 1. The monoisotopic (exact) mass is 335 g/mol. The summed E-state index contributed by atoms with van der Waals surface area (Å²) in [6, 6.07) is 12.4. The largest absolute Gasteiger partial charge is 0.364 e. The highest BCUT2D eigenvalue weighted by molar-refractivity contribution is 5.34. The molecule has 1 fully saturated rings. The Morgan fingerprint density at radius 1 is 1.12 bits per heavy atom. The molecule has 2 aromatic rings. The van der Waals surface area contributed by atoms with Crippen molar-refractivity contribution in [2.75, 3.05) is 0 Å². The first kappa shape index (κ1) is 17.0. The number of benzene rings is 2. The van der Waals surface area contributed by atoms with E-state index in [-0.39, 0.29) is 25.0 Å². The van der Waals surface area contributed by atoms with Crippen molar-refractivity contribution in [3.63, 3.8) is 0 Å². The highest BCUT2D eigenvalue weighted by Crippen LogP contribution is 2.57. The molecule has 0 bridgehead atoms. The molecule has 3 rings (SSSR count). The van der Waals surface area contributed by atoms with Crippen LogP contribution in [0.2, 0.25) is 0 Å². The van der Waals surface area contributed by atoms with Crippen LogP contribution in [-0.4, -0.2) is 5.60 Å². The van der Waals surface area contributed by atoms with E-state index in [2.05, 4.69) is 0 Å². The van der Waals surface area contributed by atoms with Crippen molar-refractivity contribution >= 4 is 0 Å².